The molecule has 0 aliphatic carbocycles. The van der Waals surface area contributed by atoms with Crippen molar-refractivity contribution in [1.29, 1.82) is 0 Å². The van der Waals surface area contributed by atoms with Gasteiger partial charge in [0.1, 0.15) is 0 Å². The quantitative estimate of drug-likeness (QED) is 0.657. The summed E-state index contributed by atoms with van der Waals surface area (Å²) in [5.74, 6) is -0.239. The molecule has 0 aromatic heterocycles. The van der Waals surface area contributed by atoms with Crippen LogP contribution in [0.15, 0.2) is 42.5 Å². The van der Waals surface area contributed by atoms with Crippen molar-refractivity contribution in [2.45, 2.75) is 39.0 Å². The van der Waals surface area contributed by atoms with E-state index >= 15 is 0 Å². The van der Waals surface area contributed by atoms with Crippen molar-refractivity contribution in [2.75, 3.05) is 17.5 Å². The van der Waals surface area contributed by atoms with Crippen LogP contribution in [0.2, 0.25) is 5.02 Å². The van der Waals surface area contributed by atoms with Crippen molar-refractivity contribution >= 4 is 33.2 Å². The van der Waals surface area contributed by atoms with Gasteiger partial charge in [0.25, 0.3) is 5.91 Å². The number of amides is 1. The smallest absolute Gasteiger partial charge is 0.251 e. The fourth-order valence-electron chi connectivity index (χ4n) is 3.24. The number of hydrogen-bond donors (Lipinski definition) is 2. The topological polar surface area (TPSA) is 75.3 Å². The predicted octanol–water partition coefficient (Wildman–Crippen LogP) is 4.51. The Morgan fingerprint density at radius 2 is 1.68 bits per heavy atom. The number of nitrogens with one attached hydrogen (secondary N) is 2. The third-order valence-corrected chi connectivity index (χ3v) is 6.04. The molecule has 0 saturated heterocycles. The molecule has 0 radical (unpaired) electrons. The molecule has 0 aliphatic heterocycles. The number of benzene rings is 2. The van der Waals surface area contributed by atoms with E-state index in [2.05, 4.69) is 23.9 Å². The zero-order valence-electron chi connectivity index (χ0n) is 16.7. The standard InChI is InChI=1S/C21H27ClN2O3S/c1-5-21(6-2,17-9-11-18(22)12-10-17)14-23-20(25)16-8-7-15(3)19(13-16)24-28(4,26)27/h7-13,24H,5-6,14H2,1-4H3,(H,23,25). The minimum absolute atomic E-state index is 0.196. The van der Waals surface area contributed by atoms with E-state index in [0.29, 0.717) is 22.8 Å². The maximum Gasteiger partial charge on any atom is 0.251 e. The minimum atomic E-state index is -3.42. The fourth-order valence-corrected chi connectivity index (χ4v) is 3.98. The number of hydrogen-bond acceptors (Lipinski definition) is 3. The van der Waals surface area contributed by atoms with E-state index in [1.807, 2.05) is 24.3 Å². The van der Waals surface area contributed by atoms with E-state index in [9.17, 15) is 13.2 Å². The van der Waals surface area contributed by atoms with E-state index in [-0.39, 0.29) is 11.3 Å². The second-order valence-corrected chi connectivity index (χ2v) is 9.27. The average Bonchev–Trinajstić information content (AvgIpc) is 2.64. The number of aryl methyl sites for hydroxylation is 1. The Labute approximate surface area is 172 Å². The SMILES string of the molecule is CCC(CC)(CNC(=O)c1ccc(C)c(NS(C)(=O)=O)c1)c1ccc(Cl)cc1. The van der Waals surface area contributed by atoms with Gasteiger partial charge >= 0.3 is 0 Å². The summed E-state index contributed by atoms with van der Waals surface area (Å²) in [5, 5.41) is 3.70. The highest BCUT2D eigenvalue weighted by atomic mass is 35.5. The lowest BCUT2D eigenvalue weighted by molar-refractivity contribution is 0.0941. The molecule has 28 heavy (non-hydrogen) atoms. The zero-order valence-corrected chi connectivity index (χ0v) is 18.2. The number of sulfonamides is 1. The third kappa shape index (κ3) is 5.49. The molecule has 7 heteroatoms. The van der Waals surface area contributed by atoms with Crippen LogP contribution >= 0.6 is 11.6 Å². The highest BCUT2D eigenvalue weighted by Crippen LogP contribution is 2.32. The molecule has 0 spiro atoms. The molecule has 0 saturated carbocycles. The van der Waals surface area contributed by atoms with Gasteiger partial charge in [-0.2, -0.15) is 0 Å². The summed E-state index contributed by atoms with van der Waals surface area (Å²) >= 11 is 6.01. The first kappa shape index (κ1) is 22.2. The van der Waals surface area contributed by atoms with Gasteiger partial charge in [-0.1, -0.05) is 43.6 Å². The maximum atomic E-state index is 12.7. The molecule has 0 fully saturated rings. The highest BCUT2D eigenvalue weighted by molar-refractivity contribution is 7.92. The summed E-state index contributed by atoms with van der Waals surface area (Å²) in [4.78, 5) is 12.7. The molecular weight excluding hydrogens is 396 g/mol. The van der Waals surface area contributed by atoms with Gasteiger partial charge in [-0.05, 0) is 55.2 Å². The Kier molecular flexibility index (Phi) is 7.12. The summed E-state index contributed by atoms with van der Waals surface area (Å²) in [6.07, 6.45) is 2.81. The van der Waals surface area contributed by atoms with Crippen LogP contribution in [0.25, 0.3) is 0 Å². The Hall–Kier alpha value is -2.05. The van der Waals surface area contributed by atoms with Gasteiger partial charge < -0.3 is 5.32 Å². The lowest BCUT2D eigenvalue weighted by Crippen LogP contribution is -2.40. The lowest BCUT2D eigenvalue weighted by atomic mass is 9.75. The predicted molar refractivity (Wildman–Crippen MR) is 116 cm³/mol. The number of anilines is 1. The molecular formula is C21H27ClN2O3S. The minimum Gasteiger partial charge on any atom is -0.351 e. The van der Waals surface area contributed by atoms with E-state index < -0.39 is 10.0 Å². The van der Waals surface area contributed by atoms with Crippen LogP contribution in [0.3, 0.4) is 0 Å². The first-order valence-electron chi connectivity index (χ1n) is 9.23. The molecule has 0 aliphatic rings. The van der Waals surface area contributed by atoms with Gasteiger partial charge in [0.15, 0.2) is 0 Å². The van der Waals surface area contributed by atoms with Gasteiger partial charge in [0.05, 0.1) is 11.9 Å². The molecule has 1 amide bonds. The Morgan fingerprint density at radius 3 is 2.21 bits per heavy atom. The van der Waals surface area contributed by atoms with Crippen LogP contribution in [0.4, 0.5) is 5.69 Å². The molecule has 0 atom stereocenters. The monoisotopic (exact) mass is 422 g/mol. The van der Waals surface area contributed by atoms with Crippen LogP contribution in [-0.4, -0.2) is 27.1 Å². The van der Waals surface area contributed by atoms with Crippen LogP contribution < -0.4 is 10.0 Å². The maximum absolute atomic E-state index is 12.7. The van der Waals surface area contributed by atoms with Crippen molar-refractivity contribution in [3.63, 3.8) is 0 Å². The van der Waals surface area contributed by atoms with Gasteiger partial charge in [-0.15, -0.1) is 0 Å². The molecule has 2 rings (SSSR count). The summed E-state index contributed by atoms with van der Waals surface area (Å²) < 4.78 is 25.5. The van der Waals surface area contributed by atoms with Crippen LogP contribution in [0.5, 0.6) is 0 Å². The number of rotatable bonds is 8. The third-order valence-electron chi connectivity index (χ3n) is 5.19. The number of carbonyl (C=O) groups excluding carboxylic acids is 1. The largest absolute Gasteiger partial charge is 0.351 e. The van der Waals surface area contributed by atoms with Crippen molar-refractivity contribution in [2.24, 2.45) is 0 Å². The molecule has 152 valence electrons. The van der Waals surface area contributed by atoms with E-state index in [1.54, 1.807) is 25.1 Å². The Balaban J connectivity index is 2.21. The Bertz CT molecular complexity index is 937. The second-order valence-electron chi connectivity index (χ2n) is 7.08. The summed E-state index contributed by atoms with van der Waals surface area (Å²) in [6, 6.07) is 12.7. The first-order valence-corrected chi connectivity index (χ1v) is 11.5. The number of carbonyl (C=O) groups is 1. The van der Waals surface area contributed by atoms with Crippen LogP contribution in [0.1, 0.15) is 48.2 Å². The van der Waals surface area contributed by atoms with E-state index in [0.717, 1.165) is 30.2 Å². The molecule has 0 heterocycles. The fraction of sp³-hybridized carbons (Fsp3) is 0.381. The molecule has 2 N–H and O–H groups in total. The number of halogens is 1. The highest BCUT2D eigenvalue weighted by Gasteiger charge is 2.29. The van der Waals surface area contributed by atoms with Crippen molar-refractivity contribution < 1.29 is 13.2 Å². The second kappa shape index (κ2) is 8.97. The van der Waals surface area contributed by atoms with Crippen molar-refractivity contribution in [1.82, 2.24) is 5.32 Å². The van der Waals surface area contributed by atoms with E-state index in [1.165, 1.54) is 0 Å². The molecule has 0 bridgehead atoms. The van der Waals surface area contributed by atoms with E-state index in [4.69, 9.17) is 11.6 Å². The zero-order chi connectivity index (χ0) is 20.9. The Morgan fingerprint density at radius 1 is 1.07 bits per heavy atom. The summed E-state index contributed by atoms with van der Waals surface area (Å²) in [5.41, 5.74) is 2.50. The normalized spacial score (nSPS) is 11.9. The van der Waals surface area contributed by atoms with Crippen LogP contribution in [-0.2, 0) is 15.4 Å². The molecule has 2 aromatic rings. The lowest BCUT2D eigenvalue weighted by Gasteiger charge is -2.32. The molecule has 2 aromatic carbocycles. The van der Waals surface area contributed by atoms with Gasteiger partial charge in [-0.3, -0.25) is 9.52 Å². The van der Waals surface area contributed by atoms with Gasteiger partial charge in [0, 0.05) is 22.5 Å². The van der Waals surface area contributed by atoms with Gasteiger partial charge in [0.2, 0.25) is 10.0 Å². The molecule has 5 nitrogen and oxygen atoms in total. The summed E-state index contributed by atoms with van der Waals surface area (Å²) in [7, 11) is -3.42. The van der Waals surface area contributed by atoms with Crippen molar-refractivity contribution in [3.05, 3.63) is 64.2 Å². The molecule has 0 unspecified atom stereocenters. The first-order chi connectivity index (χ1) is 13.1. The van der Waals surface area contributed by atoms with Gasteiger partial charge in [-0.25, -0.2) is 8.42 Å². The average molecular weight is 423 g/mol. The summed E-state index contributed by atoms with van der Waals surface area (Å²) in [6.45, 7) is 6.46. The van der Waals surface area contributed by atoms with Crippen LogP contribution in [0, 0.1) is 6.92 Å². The van der Waals surface area contributed by atoms with Crippen molar-refractivity contribution in [3.8, 4) is 0 Å².